The van der Waals surface area contributed by atoms with Gasteiger partial charge in [-0.3, -0.25) is 0 Å². The van der Waals surface area contributed by atoms with E-state index in [0.717, 1.165) is 17.8 Å². The predicted molar refractivity (Wildman–Crippen MR) is 53.9 cm³/mol. The summed E-state index contributed by atoms with van der Waals surface area (Å²) in [6.45, 7) is 3.46. The summed E-state index contributed by atoms with van der Waals surface area (Å²) in [6, 6.07) is 3.92. The van der Waals surface area contributed by atoms with Gasteiger partial charge in [0.25, 0.3) is 0 Å². The molecule has 1 nitrogen and oxygen atoms in total. The van der Waals surface area contributed by atoms with Gasteiger partial charge in [0.2, 0.25) is 0 Å². The number of halogens is 1. The van der Waals surface area contributed by atoms with Crippen LogP contribution in [0.1, 0.15) is 22.6 Å². The molecule has 0 aromatic carbocycles. The van der Waals surface area contributed by atoms with Crippen molar-refractivity contribution in [3.63, 3.8) is 0 Å². The zero-order chi connectivity index (χ0) is 9.31. The van der Waals surface area contributed by atoms with Gasteiger partial charge in [-0.25, -0.2) is 4.39 Å². The van der Waals surface area contributed by atoms with Gasteiger partial charge in [-0.05, 0) is 38.4 Å². The first-order chi connectivity index (χ1) is 6.21. The summed E-state index contributed by atoms with van der Waals surface area (Å²) < 4.78 is 14.3. The van der Waals surface area contributed by atoms with Crippen molar-refractivity contribution < 1.29 is 4.39 Å². The van der Waals surface area contributed by atoms with E-state index in [9.17, 15) is 4.39 Å². The van der Waals surface area contributed by atoms with E-state index < -0.39 is 5.67 Å². The maximum absolute atomic E-state index is 14.3. The Labute approximate surface area is 82.0 Å². The Kier molecular flexibility index (Phi) is 2.39. The highest BCUT2D eigenvalue weighted by molar-refractivity contribution is 7.12. The molecule has 1 unspecified atom stereocenters. The minimum atomic E-state index is -1.10. The fourth-order valence-corrected chi connectivity index (χ4v) is 2.73. The SMILES string of the molecule is Cc1ccc(C2(F)CCCNC2)s1. The van der Waals surface area contributed by atoms with E-state index >= 15 is 0 Å². The topological polar surface area (TPSA) is 12.0 Å². The van der Waals surface area contributed by atoms with Crippen molar-refractivity contribution >= 4 is 11.3 Å². The molecular formula is C10H14FNS. The lowest BCUT2D eigenvalue weighted by Gasteiger charge is -2.29. The van der Waals surface area contributed by atoms with Crippen molar-refractivity contribution in [2.45, 2.75) is 25.4 Å². The molecule has 13 heavy (non-hydrogen) atoms. The lowest BCUT2D eigenvalue weighted by molar-refractivity contribution is 0.126. The molecule has 0 radical (unpaired) electrons. The molecule has 2 rings (SSSR count). The molecule has 1 aliphatic heterocycles. The predicted octanol–water partition coefficient (Wildman–Crippen LogP) is 2.60. The molecule has 1 fully saturated rings. The van der Waals surface area contributed by atoms with E-state index in [1.165, 1.54) is 4.88 Å². The van der Waals surface area contributed by atoms with Crippen LogP contribution in [0.15, 0.2) is 12.1 Å². The number of aryl methyl sites for hydroxylation is 1. The largest absolute Gasteiger partial charge is 0.313 e. The summed E-state index contributed by atoms with van der Waals surface area (Å²) >= 11 is 1.58. The number of piperidine rings is 1. The Morgan fingerprint density at radius 3 is 2.92 bits per heavy atom. The smallest absolute Gasteiger partial charge is 0.157 e. The minimum absolute atomic E-state index is 0.479. The van der Waals surface area contributed by atoms with Gasteiger partial charge in [0.1, 0.15) is 0 Å². The van der Waals surface area contributed by atoms with Crippen molar-refractivity contribution in [3.05, 3.63) is 21.9 Å². The Balaban J connectivity index is 2.22. The number of nitrogens with one attached hydrogen (secondary N) is 1. The van der Waals surface area contributed by atoms with Crippen LogP contribution >= 0.6 is 11.3 Å². The molecule has 1 aromatic rings. The maximum atomic E-state index is 14.3. The Morgan fingerprint density at radius 1 is 1.54 bits per heavy atom. The fourth-order valence-electron chi connectivity index (χ4n) is 1.75. The molecule has 2 heterocycles. The first-order valence-electron chi connectivity index (χ1n) is 4.67. The molecule has 72 valence electrons. The van der Waals surface area contributed by atoms with Gasteiger partial charge in [-0.2, -0.15) is 0 Å². The van der Waals surface area contributed by atoms with Crippen LogP contribution in [0.4, 0.5) is 4.39 Å². The number of alkyl halides is 1. The number of thiophene rings is 1. The number of hydrogen-bond acceptors (Lipinski definition) is 2. The lowest BCUT2D eigenvalue weighted by atomic mass is 9.94. The fraction of sp³-hybridized carbons (Fsp3) is 0.600. The zero-order valence-corrected chi connectivity index (χ0v) is 8.59. The minimum Gasteiger partial charge on any atom is -0.313 e. The zero-order valence-electron chi connectivity index (χ0n) is 7.77. The molecule has 0 spiro atoms. The molecule has 0 aliphatic carbocycles. The maximum Gasteiger partial charge on any atom is 0.157 e. The van der Waals surface area contributed by atoms with Crippen molar-refractivity contribution in [2.24, 2.45) is 0 Å². The second kappa shape index (κ2) is 3.39. The summed E-state index contributed by atoms with van der Waals surface area (Å²) in [6.07, 6.45) is 1.60. The van der Waals surface area contributed by atoms with Gasteiger partial charge < -0.3 is 5.32 Å². The van der Waals surface area contributed by atoms with Crippen LogP contribution in [0.25, 0.3) is 0 Å². The first-order valence-corrected chi connectivity index (χ1v) is 5.49. The van der Waals surface area contributed by atoms with Crippen LogP contribution in [0.3, 0.4) is 0 Å². The molecule has 3 heteroatoms. The van der Waals surface area contributed by atoms with Crippen LogP contribution in [0.2, 0.25) is 0 Å². The van der Waals surface area contributed by atoms with Gasteiger partial charge >= 0.3 is 0 Å². The molecule has 0 saturated carbocycles. The molecule has 1 N–H and O–H groups in total. The Morgan fingerprint density at radius 2 is 2.38 bits per heavy atom. The van der Waals surface area contributed by atoms with E-state index in [4.69, 9.17) is 0 Å². The third-order valence-corrected chi connectivity index (χ3v) is 3.69. The standard InChI is InChI=1S/C10H14FNS/c1-8-3-4-9(13-8)10(11)5-2-6-12-7-10/h3-4,12H,2,5-7H2,1H3. The molecule has 0 amide bonds. The highest BCUT2D eigenvalue weighted by atomic mass is 32.1. The second-order valence-corrected chi connectivity index (χ2v) is 4.94. The second-order valence-electron chi connectivity index (χ2n) is 3.66. The van der Waals surface area contributed by atoms with Crippen LogP contribution < -0.4 is 5.32 Å². The third-order valence-electron chi connectivity index (χ3n) is 2.51. The molecule has 0 bridgehead atoms. The molecular weight excluding hydrogens is 185 g/mol. The summed E-state index contributed by atoms with van der Waals surface area (Å²) in [4.78, 5) is 2.08. The van der Waals surface area contributed by atoms with Crippen molar-refractivity contribution in [2.75, 3.05) is 13.1 Å². The summed E-state index contributed by atoms with van der Waals surface area (Å²) in [5, 5.41) is 3.11. The third kappa shape index (κ3) is 1.76. The van der Waals surface area contributed by atoms with Crippen LogP contribution in [0, 0.1) is 6.92 Å². The molecule has 1 saturated heterocycles. The van der Waals surface area contributed by atoms with Crippen LogP contribution in [-0.4, -0.2) is 13.1 Å². The summed E-state index contributed by atoms with van der Waals surface area (Å²) in [5.74, 6) is 0. The average Bonchev–Trinajstić information content (AvgIpc) is 2.54. The quantitative estimate of drug-likeness (QED) is 0.733. The first kappa shape index (κ1) is 9.16. The van der Waals surface area contributed by atoms with Crippen molar-refractivity contribution in [1.82, 2.24) is 5.32 Å². The van der Waals surface area contributed by atoms with Crippen molar-refractivity contribution in [1.29, 1.82) is 0 Å². The van der Waals surface area contributed by atoms with Gasteiger partial charge in [-0.1, -0.05) is 0 Å². The lowest BCUT2D eigenvalue weighted by Crippen LogP contribution is -2.39. The van der Waals surface area contributed by atoms with E-state index in [0.29, 0.717) is 13.0 Å². The Bertz CT molecular complexity index is 289. The van der Waals surface area contributed by atoms with Gasteiger partial charge in [0, 0.05) is 16.3 Å². The highest BCUT2D eigenvalue weighted by Crippen LogP contribution is 2.36. The average molecular weight is 199 g/mol. The summed E-state index contributed by atoms with van der Waals surface area (Å²) in [7, 11) is 0. The highest BCUT2D eigenvalue weighted by Gasteiger charge is 2.34. The number of rotatable bonds is 1. The monoisotopic (exact) mass is 199 g/mol. The number of hydrogen-bond donors (Lipinski definition) is 1. The van der Waals surface area contributed by atoms with E-state index in [1.54, 1.807) is 11.3 Å². The normalized spacial score (nSPS) is 29.1. The van der Waals surface area contributed by atoms with Gasteiger partial charge in [-0.15, -0.1) is 11.3 Å². The summed E-state index contributed by atoms with van der Waals surface area (Å²) in [5.41, 5.74) is -1.10. The van der Waals surface area contributed by atoms with Crippen LogP contribution in [-0.2, 0) is 5.67 Å². The van der Waals surface area contributed by atoms with Crippen LogP contribution in [0.5, 0.6) is 0 Å². The van der Waals surface area contributed by atoms with Crippen molar-refractivity contribution in [3.8, 4) is 0 Å². The van der Waals surface area contributed by atoms with E-state index in [-0.39, 0.29) is 0 Å². The van der Waals surface area contributed by atoms with E-state index in [2.05, 4.69) is 5.32 Å². The van der Waals surface area contributed by atoms with Gasteiger partial charge in [0.05, 0.1) is 0 Å². The molecule has 1 aliphatic rings. The molecule has 1 atom stereocenters. The van der Waals surface area contributed by atoms with E-state index in [1.807, 2.05) is 19.1 Å². The van der Waals surface area contributed by atoms with Gasteiger partial charge in [0.15, 0.2) is 5.67 Å². The Hall–Kier alpha value is -0.410. The molecule has 1 aromatic heterocycles.